The van der Waals surface area contributed by atoms with Crippen LogP contribution in [0.15, 0.2) is 16.6 Å². The van der Waals surface area contributed by atoms with Gasteiger partial charge in [0.15, 0.2) is 0 Å². The lowest BCUT2D eigenvalue weighted by Gasteiger charge is -2.20. The number of ether oxygens (including phenoxy) is 2. The molecule has 0 bridgehead atoms. The van der Waals surface area contributed by atoms with E-state index in [-0.39, 0.29) is 0 Å². The average Bonchev–Trinajstić information content (AvgIpc) is 3.03. The number of nitrogens with one attached hydrogen (secondary N) is 1. The van der Waals surface area contributed by atoms with Crippen molar-refractivity contribution in [2.24, 2.45) is 0 Å². The monoisotopic (exact) mass is 325 g/mol. The molecule has 2 unspecified atom stereocenters. The molecule has 1 N–H and O–H groups in total. The van der Waals surface area contributed by atoms with Crippen molar-refractivity contribution in [1.29, 1.82) is 0 Å². The van der Waals surface area contributed by atoms with Crippen LogP contribution >= 0.6 is 15.9 Å². The van der Waals surface area contributed by atoms with Gasteiger partial charge in [0.05, 0.1) is 12.7 Å². The molecular weight excluding hydrogens is 306 g/mol. The Morgan fingerprint density at radius 2 is 2.32 bits per heavy atom. The van der Waals surface area contributed by atoms with Gasteiger partial charge in [-0.2, -0.15) is 0 Å². The number of halogens is 1. The van der Waals surface area contributed by atoms with E-state index in [0.717, 1.165) is 29.8 Å². The van der Waals surface area contributed by atoms with Crippen molar-refractivity contribution < 1.29 is 9.47 Å². The number of hydrogen-bond donors (Lipinski definition) is 1. The van der Waals surface area contributed by atoms with Crippen LogP contribution < -0.4 is 10.1 Å². The fourth-order valence-electron chi connectivity index (χ4n) is 3.16. The van der Waals surface area contributed by atoms with Crippen molar-refractivity contribution in [1.82, 2.24) is 5.32 Å². The van der Waals surface area contributed by atoms with E-state index < -0.39 is 0 Å². The molecule has 1 saturated carbocycles. The predicted molar refractivity (Wildman–Crippen MR) is 78.6 cm³/mol. The van der Waals surface area contributed by atoms with Gasteiger partial charge in [-0.3, -0.25) is 0 Å². The highest BCUT2D eigenvalue weighted by atomic mass is 79.9. The summed E-state index contributed by atoms with van der Waals surface area (Å²) in [6.45, 7) is 1.66. The molecule has 1 fully saturated rings. The van der Waals surface area contributed by atoms with E-state index in [4.69, 9.17) is 9.47 Å². The van der Waals surface area contributed by atoms with Gasteiger partial charge in [0.2, 0.25) is 0 Å². The van der Waals surface area contributed by atoms with E-state index in [9.17, 15) is 0 Å². The molecule has 0 radical (unpaired) electrons. The number of hydrogen-bond acceptors (Lipinski definition) is 3. The third kappa shape index (κ3) is 2.81. The second-order valence-electron chi connectivity index (χ2n) is 5.34. The zero-order chi connectivity index (χ0) is 13.2. The lowest BCUT2D eigenvalue weighted by molar-refractivity contribution is 0.0846. The van der Waals surface area contributed by atoms with Crippen molar-refractivity contribution >= 4 is 15.9 Å². The fraction of sp³-hybridized carbons (Fsp3) is 0.600. The van der Waals surface area contributed by atoms with Crippen LogP contribution in [0, 0.1) is 0 Å². The molecule has 1 aromatic carbocycles. The van der Waals surface area contributed by atoms with Gasteiger partial charge in [-0.1, -0.05) is 15.9 Å². The van der Waals surface area contributed by atoms with Crippen molar-refractivity contribution in [3.05, 3.63) is 27.7 Å². The standard InChI is InChI=1S/C15H20BrNO2/c1-18-14-4-2-3-13(14)17-9-11-8-12(16)7-10-5-6-19-15(10)11/h7-8,13-14,17H,2-6,9H2,1H3. The Kier molecular flexibility index (Phi) is 4.10. The third-order valence-electron chi connectivity index (χ3n) is 4.14. The molecule has 2 atom stereocenters. The summed E-state index contributed by atoms with van der Waals surface area (Å²) in [7, 11) is 1.81. The van der Waals surface area contributed by atoms with Gasteiger partial charge in [-0.05, 0) is 37.0 Å². The van der Waals surface area contributed by atoms with Crippen LogP contribution in [0.25, 0.3) is 0 Å². The number of rotatable bonds is 4. The lowest BCUT2D eigenvalue weighted by atomic mass is 10.1. The van der Waals surface area contributed by atoms with E-state index >= 15 is 0 Å². The highest BCUT2D eigenvalue weighted by Crippen LogP contribution is 2.33. The second-order valence-corrected chi connectivity index (χ2v) is 6.26. The summed E-state index contributed by atoms with van der Waals surface area (Å²) in [6, 6.07) is 4.80. The van der Waals surface area contributed by atoms with Gasteiger partial charge in [-0.25, -0.2) is 0 Å². The van der Waals surface area contributed by atoms with Crippen LogP contribution in [0.4, 0.5) is 0 Å². The Labute approximate surface area is 122 Å². The van der Waals surface area contributed by atoms with Crippen LogP contribution in [0.1, 0.15) is 30.4 Å². The van der Waals surface area contributed by atoms with Gasteiger partial charge in [0.25, 0.3) is 0 Å². The Morgan fingerprint density at radius 3 is 3.16 bits per heavy atom. The number of methoxy groups -OCH3 is 1. The van der Waals surface area contributed by atoms with Gasteiger partial charge >= 0.3 is 0 Å². The van der Waals surface area contributed by atoms with Gasteiger partial charge < -0.3 is 14.8 Å². The third-order valence-corrected chi connectivity index (χ3v) is 4.59. The summed E-state index contributed by atoms with van der Waals surface area (Å²) in [5.41, 5.74) is 2.57. The topological polar surface area (TPSA) is 30.5 Å². The Morgan fingerprint density at radius 1 is 1.42 bits per heavy atom. The van der Waals surface area contributed by atoms with E-state index in [1.54, 1.807) is 0 Å². The maximum atomic E-state index is 5.76. The predicted octanol–water partition coefficient (Wildman–Crippen LogP) is 3.04. The highest BCUT2D eigenvalue weighted by molar-refractivity contribution is 9.10. The quantitative estimate of drug-likeness (QED) is 0.923. The van der Waals surface area contributed by atoms with Crippen molar-refractivity contribution in [2.45, 2.75) is 44.4 Å². The molecule has 0 saturated heterocycles. The van der Waals surface area contributed by atoms with E-state index in [2.05, 4.69) is 33.4 Å². The molecule has 1 aliphatic carbocycles. The fourth-order valence-corrected chi connectivity index (χ4v) is 3.71. The minimum atomic E-state index is 0.362. The SMILES string of the molecule is COC1CCCC1NCc1cc(Br)cc2c1OCC2. The van der Waals surface area contributed by atoms with Crippen molar-refractivity contribution in [3.63, 3.8) is 0 Å². The van der Waals surface area contributed by atoms with Crippen LogP contribution in [-0.4, -0.2) is 25.9 Å². The summed E-state index contributed by atoms with van der Waals surface area (Å²) in [6.07, 6.45) is 5.01. The summed E-state index contributed by atoms with van der Waals surface area (Å²) in [5.74, 6) is 1.09. The molecule has 1 aromatic rings. The van der Waals surface area contributed by atoms with Gasteiger partial charge in [-0.15, -0.1) is 0 Å². The largest absolute Gasteiger partial charge is 0.493 e. The lowest BCUT2D eigenvalue weighted by Crippen LogP contribution is -2.36. The summed E-state index contributed by atoms with van der Waals surface area (Å²) in [4.78, 5) is 0. The molecule has 1 heterocycles. The molecule has 1 aliphatic heterocycles. The smallest absolute Gasteiger partial charge is 0.127 e. The first kappa shape index (κ1) is 13.4. The molecule has 19 heavy (non-hydrogen) atoms. The first-order valence-electron chi connectivity index (χ1n) is 6.98. The van der Waals surface area contributed by atoms with Gasteiger partial charge in [0.1, 0.15) is 5.75 Å². The molecular formula is C15H20BrNO2. The molecule has 104 valence electrons. The average molecular weight is 326 g/mol. The Bertz CT molecular complexity index is 464. The molecule has 0 aromatic heterocycles. The van der Waals surface area contributed by atoms with E-state index in [1.807, 2.05) is 7.11 Å². The number of fused-ring (bicyclic) bond motifs is 1. The molecule has 3 nitrogen and oxygen atoms in total. The Balaban J connectivity index is 1.70. The van der Waals surface area contributed by atoms with Crippen LogP contribution in [0.3, 0.4) is 0 Å². The normalized spacial score (nSPS) is 25.4. The first-order chi connectivity index (χ1) is 9.28. The van der Waals surface area contributed by atoms with Crippen LogP contribution in [0.5, 0.6) is 5.75 Å². The second kappa shape index (κ2) is 5.81. The molecule has 2 aliphatic rings. The maximum absolute atomic E-state index is 5.76. The molecule has 3 rings (SSSR count). The molecule has 0 spiro atoms. The maximum Gasteiger partial charge on any atom is 0.127 e. The summed E-state index contributed by atoms with van der Waals surface area (Å²) in [5, 5.41) is 3.63. The molecule has 4 heteroatoms. The molecule has 0 amide bonds. The zero-order valence-corrected chi connectivity index (χ0v) is 12.8. The van der Waals surface area contributed by atoms with Crippen molar-refractivity contribution in [2.75, 3.05) is 13.7 Å². The Hall–Kier alpha value is -0.580. The zero-order valence-electron chi connectivity index (χ0n) is 11.2. The van der Waals surface area contributed by atoms with Gasteiger partial charge in [0, 0.05) is 36.2 Å². The van der Waals surface area contributed by atoms with E-state index in [1.165, 1.54) is 30.4 Å². The first-order valence-corrected chi connectivity index (χ1v) is 7.77. The van der Waals surface area contributed by atoms with Crippen molar-refractivity contribution in [3.8, 4) is 5.75 Å². The van der Waals surface area contributed by atoms with Crippen LogP contribution in [0.2, 0.25) is 0 Å². The highest BCUT2D eigenvalue weighted by Gasteiger charge is 2.27. The summed E-state index contributed by atoms with van der Waals surface area (Å²) < 4.78 is 12.4. The summed E-state index contributed by atoms with van der Waals surface area (Å²) >= 11 is 3.59. The minimum Gasteiger partial charge on any atom is -0.493 e. The minimum absolute atomic E-state index is 0.362. The van der Waals surface area contributed by atoms with E-state index in [0.29, 0.717) is 12.1 Å². The van der Waals surface area contributed by atoms with Crippen LogP contribution in [-0.2, 0) is 17.7 Å². The number of benzene rings is 1.